The topological polar surface area (TPSA) is 139 Å². The molecule has 0 bridgehead atoms. The summed E-state index contributed by atoms with van der Waals surface area (Å²) >= 11 is 0. The number of sulfonamides is 1. The van der Waals surface area contributed by atoms with E-state index in [-0.39, 0.29) is 16.3 Å². The molecule has 0 saturated carbocycles. The van der Waals surface area contributed by atoms with Gasteiger partial charge in [0, 0.05) is 18.4 Å². The molecule has 1 heterocycles. The molecule has 1 atom stereocenters. The highest BCUT2D eigenvalue weighted by Gasteiger charge is 2.39. The number of benzene rings is 3. The van der Waals surface area contributed by atoms with Crippen LogP contribution in [-0.4, -0.2) is 45.2 Å². The van der Waals surface area contributed by atoms with Crippen LogP contribution in [0.25, 0.3) is 0 Å². The van der Waals surface area contributed by atoms with Gasteiger partial charge in [0.25, 0.3) is 0 Å². The van der Waals surface area contributed by atoms with Gasteiger partial charge in [-0.2, -0.15) is 4.31 Å². The molecule has 0 aromatic heterocycles. The highest BCUT2D eigenvalue weighted by Crippen LogP contribution is 2.35. The highest BCUT2D eigenvalue weighted by atomic mass is 32.2. The lowest BCUT2D eigenvalue weighted by molar-refractivity contribution is 0.00236. The van der Waals surface area contributed by atoms with E-state index in [1.54, 1.807) is 18.2 Å². The Morgan fingerprint density at radius 2 is 1.49 bits per heavy atom. The second kappa shape index (κ2) is 9.66. The molecular weight excluding hydrogens is 496 g/mol. The Balaban J connectivity index is 1.57. The molecule has 0 spiro atoms. The Morgan fingerprint density at radius 3 is 2.06 bits per heavy atom. The van der Waals surface area contributed by atoms with Crippen LogP contribution in [0.3, 0.4) is 0 Å². The average molecular weight is 519 g/mol. The van der Waals surface area contributed by atoms with Gasteiger partial charge in [-0.25, -0.2) is 27.1 Å². The van der Waals surface area contributed by atoms with Crippen LogP contribution in [0.1, 0.15) is 17.4 Å². The van der Waals surface area contributed by atoms with Crippen molar-refractivity contribution in [1.82, 2.24) is 9.79 Å². The molecule has 1 aliphatic rings. The molecule has 35 heavy (non-hydrogen) atoms. The van der Waals surface area contributed by atoms with Crippen molar-refractivity contribution in [3.63, 3.8) is 0 Å². The number of ether oxygens (including phenoxy) is 2. The predicted molar refractivity (Wildman–Crippen MR) is 124 cm³/mol. The lowest BCUT2D eigenvalue weighted by Crippen LogP contribution is -2.43. The van der Waals surface area contributed by atoms with Gasteiger partial charge in [0.05, 0.1) is 9.79 Å². The van der Waals surface area contributed by atoms with Gasteiger partial charge >= 0.3 is 6.09 Å². The average Bonchev–Trinajstić information content (AvgIpc) is 2.84. The van der Waals surface area contributed by atoms with Gasteiger partial charge in [-0.1, -0.05) is 24.3 Å². The van der Waals surface area contributed by atoms with Crippen LogP contribution in [0, 0.1) is 0 Å². The third-order valence-corrected chi connectivity index (χ3v) is 8.40. The molecule has 10 nitrogen and oxygen atoms in total. The van der Waals surface area contributed by atoms with Crippen molar-refractivity contribution >= 4 is 26.0 Å². The molecule has 3 aromatic carbocycles. The first kappa shape index (κ1) is 24.7. The summed E-state index contributed by atoms with van der Waals surface area (Å²) in [6.07, 6.45) is -0.922. The lowest BCUT2D eigenvalue weighted by atomic mass is 10.00. The van der Waals surface area contributed by atoms with Crippen LogP contribution in [0.2, 0.25) is 0 Å². The van der Waals surface area contributed by atoms with E-state index in [0.29, 0.717) is 23.5 Å². The van der Waals surface area contributed by atoms with Gasteiger partial charge in [0.1, 0.15) is 11.5 Å². The summed E-state index contributed by atoms with van der Waals surface area (Å²) in [5, 5.41) is 8.89. The molecule has 3 aromatic rings. The molecule has 0 radical (unpaired) electrons. The van der Waals surface area contributed by atoms with E-state index >= 15 is 0 Å². The van der Waals surface area contributed by atoms with Crippen molar-refractivity contribution in [1.29, 1.82) is 0 Å². The molecule has 0 aliphatic carbocycles. The van der Waals surface area contributed by atoms with Crippen molar-refractivity contribution in [3.05, 3.63) is 83.9 Å². The summed E-state index contributed by atoms with van der Waals surface area (Å²) < 4.78 is 62.0. The number of fused-ring (bicyclic) bond motifs is 1. The second-order valence-corrected chi connectivity index (χ2v) is 11.7. The van der Waals surface area contributed by atoms with Crippen LogP contribution in [0.4, 0.5) is 4.79 Å². The Kier molecular flexibility index (Phi) is 6.81. The molecular formula is C23H22N2O8S2. The number of sulfone groups is 1. The summed E-state index contributed by atoms with van der Waals surface area (Å²) in [6.45, 7) is 0.0632. The van der Waals surface area contributed by atoms with Gasteiger partial charge in [-0.05, 0) is 60.5 Å². The molecule has 2 N–H and O–H groups in total. The number of carbonyl (C=O) groups excluding carboxylic acids is 1. The number of nitrogens with one attached hydrogen (secondary N) is 1. The maximum atomic E-state index is 13.4. The van der Waals surface area contributed by atoms with Crippen LogP contribution in [0.5, 0.6) is 11.5 Å². The minimum absolute atomic E-state index is 0.0466. The number of nitrogens with zero attached hydrogens (tertiary/aromatic N) is 1. The minimum atomic E-state index is -4.09. The van der Waals surface area contributed by atoms with Crippen molar-refractivity contribution in [2.24, 2.45) is 0 Å². The van der Waals surface area contributed by atoms with Crippen LogP contribution < -0.4 is 10.2 Å². The molecule has 4 rings (SSSR count). The number of carbonyl (C=O) groups is 1. The lowest BCUT2D eigenvalue weighted by Gasteiger charge is -2.35. The fourth-order valence-electron chi connectivity index (χ4n) is 3.71. The van der Waals surface area contributed by atoms with Crippen molar-refractivity contribution in [3.8, 4) is 11.5 Å². The first-order chi connectivity index (χ1) is 16.6. The van der Waals surface area contributed by atoms with Crippen LogP contribution in [-0.2, 0) is 31.0 Å². The van der Waals surface area contributed by atoms with Crippen molar-refractivity contribution < 1.29 is 36.3 Å². The largest absolute Gasteiger partial charge is 0.457 e. The normalized spacial score (nSPS) is 16.2. The first-order valence-corrected chi connectivity index (χ1v) is 13.7. The molecule has 12 heteroatoms. The minimum Gasteiger partial charge on any atom is -0.457 e. The summed E-state index contributed by atoms with van der Waals surface area (Å²) in [5.74, 6) is 0.719. The number of hydrogen-bond donors (Lipinski definition) is 2. The van der Waals surface area contributed by atoms with E-state index in [1.807, 2.05) is 6.07 Å². The number of amides is 1. The molecule has 0 fully saturated rings. The zero-order chi connectivity index (χ0) is 25.2. The number of rotatable bonds is 6. The molecule has 1 amide bonds. The quantitative estimate of drug-likeness (QED) is 0.375. The molecule has 0 saturated heterocycles. The Bertz CT molecular complexity index is 1440. The van der Waals surface area contributed by atoms with Gasteiger partial charge < -0.3 is 9.47 Å². The molecule has 1 aliphatic heterocycles. The van der Waals surface area contributed by atoms with Gasteiger partial charge in [0.2, 0.25) is 10.0 Å². The summed E-state index contributed by atoms with van der Waals surface area (Å²) in [6, 6.07) is 18.5. The van der Waals surface area contributed by atoms with E-state index in [0.717, 1.165) is 16.1 Å². The Morgan fingerprint density at radius 1 is 0.914 bits per heavy atom. The first-order valence-electron chi connectivity index (χ1n) is 10.4. The summed E-state index contributed by atoms with van der Waals surface area (Å²) in [7, 11) is -7.43. The van der Waals surface area contributed by atoms with E-state index in [4.69, 9.17) is 14.7 Å². The number of hydrogen-bond acceptors (Lipinski definition) is 8. The third kappa shape index (κ3) is 5.30. The SMILES string of the molecule is CS(=O)(=O)c1ccc(Oc2ccc(S(=O)(=O)N3CCc4ccccc4[C@H]3OC(=O)NO)cc2)cc1. The number of hydroxylamine groups is 1. The maximum absolute atomic E-state index is 13.4. The zero-order valence-corrected chi connectivity index (χ0v) is 20.1. The van der Waals surface area contributed by atoms with Crippen LogP contribution >= 0.6 is 0 Å². The third-order valence-electron chi connectivity index (χ3n) is 5.41. The van der Waals surface area contributed by atoms with Crippen molar-refractivity contribution in [2.45, 2.75) is 22.4 Å². The molecule has 184 valence electrons. The van der Waals surface area contributed by atoms with E-state index in [2.05, 4.69) is 0 Å². The van der Waals surface area contributed by atoms with Crippen molar-refractivity contribution in [2.75, 3.05) is 12.8 Å². The Hall–Kier alpha value is -3.45. The highest BCUT2D eigenvalue weighted by molar-refractivity contribution is 7.90. The zero-order valence-electron chi connectivity index (χ0n) is 18.5. The van der Waals surface area contributed by atoms with Gasteiger partial charge in [0.15, 0.2) is 16.1 Å². The standard InChI is InChI=1S/C23H22N2O8S2/c1-34(28,29)19-10-6-17(7-11-19)32-18-8-12-20(13-9-18)35(30,31)25-15-14-16-4-2-3-5-21(16)22(25)33-23(26)24-27/h2-13,22,27H,14-15H2,1H3,(H,24,26)/t22-/m1/s1. The predicted octanol–water partition coefficient (Wildman–Crippen LogP) is 3.24. The van der Waals surface area contributed by atoms with E-state index in [9.17, 15) is 21.6 Å². The molecule has 0 unspecified atom stereocenters. The van der Waals surface area contributed by atoms with Crippen LogP contribution in [0.15, 0.2) is 82.6 Å². The summed E-state index contributed by atoms with van der Waals surface area (Å²) in [4.78, 5) is 11.8. The van der Waals surface area contributed by atoms with E-state index < -0.39 is 32.2 Å². The second-order valence-electron chi connectivity index (χ2n) is 7.75. The van der Waals surface area contributed by atoms with Gasteiger partial charge in [-0.15, -0.1) is 0 Å². The fraction of sp³-hybridized carbons (Fsp3) is 0.174. The maximum Gasteiger partial charge on any atom is 0.432 e. The van der Waals surface area contributed by atoms with E-state index in [1.165, 1.54) is 54.0 Å². The van der Waals surface area contributed by atoms with Gasteiger partial charge in [-0.3, -0.25) is 5.21 Å². The fourth-order valence-corrected chi connectivity index (χ4v) is 5.83. The smallest absolute Gasteiger partial charge is 0.432 e. The Labute approximate surface area is 202 Å². The monoisotopic (exact) mass is 518 g/mol. The summed E-state index contributed by atoms with van der Waals surface area (Å²) in [5.41, 5.74) is 2.70.